The maximum atomic E-state index is 14.0. The maximum absolute atomic E-state index is 14.0. The number of amides is 1. The number of nitrogens with one attached hydrogen (secondary N) is 1. The van der Waals surface area contributed by atoms with Gasteiger partial charge in [-0.05, 0) is 31.0 Å². The molecule has 0 aliphatic carbocycles. The molecule has 1 amide bonds. The van der Waals surface area contributed by atoms with Crippen LogP contribution in [0.3, 0.4) is 0 Å². The fourth-order valence-electron chi connectivity index (χ4n) is 4.02. The Bertz CT molecular complexity index is 796. The molecule has 2 aliphatic rings. The van der Waals surface area contributed by atoms with Gasteiger partial charge in [-0.3, -0.25) is 14.7 Å². The van der Waals surface area contributed by atoms with Crippen LogP contribution in [0.4, 0.5) is 4.39 Å². The number of nitrogens with zero attached hydrogens (tertiary/aromatic N) is 5. The molecule has 9 heteroatoms. The standard InChI is InChI=1S/C22H31FN6O.HI/c1-25-22(26-16-19-14-18(15-24)6-7-20(19)23)29-12-10-27(11-13-29)17-21(30)28-8-4-2-3-5-9-28;/h6-7,14H,2-5,8-13,16-17H2,1H3,(H,25,26);1H. The highest BCUT2D eigenvalue weighted by atomic mass is 127. The molecule has 0 bridgehead atoms. The highest BCUT2D eigenvalue weighted by molar-refractivity contribution is 14.0. The Morgan fingerprint density at radius 2 is 1.77 bits per heavy atom. The van der Waals surface area contributed by atoms with Crippen LogP contribution in [0.2, 0.25) is 0 Å². The lowest BCUT2D eigenvalue weighted by Gasteiger charge is -2.37. The van der Waals surface area contributed by atoms with Crippen LogP contribution < -0.4 is 5.32 Å². The van der Waals surface area contributed by atoms with Gasteiger partial charge in [0.15, 0.2) is 5.96 Å². The Labute approximate surface area is 201 Å². The van der Waals surface area contributed by atoms with Crippen LogP contribution in [0.1, 0.15) is 36.8 Å². The summed E-state index contributed by atoms with van der Waals surface area (Å²) in [6.07, 6.45) is 4.66. The minimum atomic E-state index is -0.339. The number of nitriles is 1. The first-order valence-corrected chi connectivity index (χ1v) is 10.7. The zero-order chi connectivity index (χ0) is 21.3. The van der Waals surface area contributed by atoms with Gasteiger partial charge in [0, 0.05) is 58.4 Å². The lowest BCUT2D eigenvalue weighted by atomic mass is 10.1. The fourth-order valence-corrected chi connectivity index (χ4v) is 4.02. The van der Waals surface area contributed by atoms with Gasteiger partial charge in [0.2, 0.25) is 5.91 Å². The van der Waals surface area contributed by atoms with E-state index in [1.54, 1.807) is 13.1 Å². The van der Waals surface area contributed by atoms with Crippen LogP contribution in [0.25, 0.3) is 0 Å². The minimum absolute atomic E-state index is 0. The van der Waals surface area contributed by atoms with Crippen LogP contribution in [0, 0.1) is 17.1 Å². The van der Waals surface area contributed by atoms with Crippen LogP contribution in [-0.4, -0.2) is 79.4 Å². The van der Waals surface area contributed by atoms with Crippen molar-refractivity contribution in [3.8, 4) is 6.07 Å². The van der Waals surface area contributed by atoms with Crippen molar-refractivity contribution in [1.82, 2.24) is 20.0 Å². The number of benzene rings is 1. The van der Waals surface area contributed by atoms with E-state index in [4.69, 9.17) is 5.26 Å². The highest BCUT2D eigenvalue weighted by Gasteiger charge is 2.23. The molecule has 170 valence electrons. The summed E-state index contributed by atoms with van der Waals surface area (Å²) in [5.74, 6) is 0.602. The minimum Gasteiger partial charge on any atom is -0.352 e. The summed E-state index contributed by atoms with van der Waals surface area (Å²) in [6.45, 7) is 5.62. The van der Waals surface area contributed by atoms with E-state index >= 15 is 0 Å². The van der Waals surface area contributed by atoms with Gasteiger partial charge in [-0.1, -0.05) is 12.8 Å². The van der Waals surface area contributed by atoms with Crippen LogP contribution in [0.15, 0.2) is 23.2 Å². The molecule has 7 nitrogen and oxygen atoms in total. The van der Waals surface area contributed by atoms with Gasteiger partial charge in [0.05, 0.1) is 18.2 Å². The Morgan fingerprint density at radius 3 is 2.39 bits per heavy atom. The van der Waals surface area contributed by atoms with Crippen molar-refractivity contribution in [2.24, 2.45) is 4.99 Å². The third kappa shape index (κ3) is 7.31. The van der Waals surface area contributed by atoms with Crippen molar-refractivity contribution in [3.05, 3.63) is 35.1 Å². The summed E-state index contributed by atoms with van der Waals surface area (Å²) in [7, 11) is 1.71. The lowest BCUT2D eigenvalue weighted by molar-refractivity contribution is -0.132. The van der Waals surface area contributed by atoms with E-state index in [1.165, 1.54) is 25.0 Å². The van der Waals surface area contributed by atoms with Crippen molar-refractivity contribution in [2.75, 3.05) is 52.9 Å². The van der Waals surface area contributed by atoms with Gasteiger partial charge in [-0.15, -0.1) is 24.0 Å². The number of hydrogen-bond donors (Lipinski definition) is 1. The predicted octanol–water partition coefficient (Wildman–Crippen LogP) is 2.41. The second-order valence-corrected chi connectivity index (χ2v) is 7.88. The molecule has 2 fully saturated rings. The van der Waals surface area contributed by atoms with Crippen molar-refractivity contribution < 1.29 is 9.18 Å². The summed E-state index contributed by atoms with van der Waals surface area (Å²) in [4.78, 5) is 23.3. The van der Waals surface area contributed by atoms with Crippen molar-refractivity contribution in [2.45, 2.75) is 32.2 Å². The third-order valence-corrected chi connectivity index (χ3v) is 5.81. The van der Waals surface area contributed by atoms with E-state index in [0.717, 1.165) is 52.1 Å². The molecule has 2 aliphatic heterocycles. The SMILES string of the molecule is CN=C(NCc1cc(C#N)ccc1F)N1CCN(CC(=O)N2CCCCCC2)CC1.I. The Balaban J connectivity index is 0.00000341. The van der Waals surface area contributed by atoms with E-state index < -0.39 is 0 Å². The molecule has 0 saturated carbocycles. The Kier molecular flexibility index (Phi) is 10.5. The molecule has 31 heavy (non-hydrogen) atoms. The zero-order valence-corrected chi connectivity index (χ0v) is 20.5. The largest absolute Gasteiger partial charge is 0.352 e. The lowest BCUT2D eigenvalue weighted by Crippen LogP contribution is -2.54. The third-order valence-electron chi connectivity index (χ3n) is 5.81. The summed E-state index contributed by atoms with van der Waals surface area (Å²) in [5.41, 5.74) is 0.878. The topological polar surface area (TPSA) is 75.0 Å². The van der Waals surface area contributed by atoms with E-state index in [0.29, 0.717) is 23.6 Å². The number of aliphatic imine (C=N–C) groups is 1. The van der Waals surface area contributed by atoms with E-state index in [1.807, 2.05) is 11.0 Å². The van der Waals surface area contributed by atoms with Gasteiger partial charge >= 0.3 is 0 Å². The van der Waals surface area contributed by atoms with Gasteiger partial charge in [0.1, 0.15) is 5.82 Å². The van der Waals surface area contributed by atoms with Gasteiger partial charge in [-0.2, -0.15) is 5.26 Å². The van der Waals surface area contributed by atoms with Crippen molar-refractivity contribution >= 4 is 35.8 Å². The van der Waals surface area contributed by atoms with Crippen LogP contribution in [0.5, 0.6) is 0 Å². The van der Waals surface area contributed by atoms with Crippen LogP contribution >= 0.6 is 24.0 Å². The second kappa shape index (κ2) is 12.8. The number of guanidine groups is 1. The molecule has 3 rings (SSSR count). The molecular formula is C22H32FIN6O. The number of hydrogen-bond acceptors (Lipinski definition) is 4. The quantitative estimate of drug-likeness (QED) is 0.360. The highest BCUT2D eigenvalue weighted by Crippen LogP contribution is 2.12. The molecule has 0 unspecified atom stereocenters. The smallest absolute Gasteiger partial charge is 0.236 e. The maximum Gasteiger partial charge on any atom is 0.236 e. The molecular weight excluding hydrogens is 510 g/mol. The molecule has 1 aromatic carbocycles. The number of carbonyl (C=O) groups excluding carboxylic acids is 1. The first-order chi connectivity index (χ1) is 14.6. The van der Waals surface area contributed by atoms with Gasteiger partial charge < -0.3 is 15.1 Å². The average Bonchev–Trinajstić information content (AvgIpc) is 3.06. The summed E-state index contributed by atoms with van der Waals surface area (Å²) < 4.78 is 14.0. The zero-order valence-electron chi connectivity index (χ0n) is 18.1. The molecule has 2 heterocycles. The Hall–Kier alpha value is -1.93. The monoisotopic (exact) mass is 542 g/mol. The molecule has 0 aromatic heterocycles. The molecule has 0 spiro atoms. The molecule has 0 radical (unpaired) electrons. The van der Waals surface area contributed by atoms with E-state index in [-0.39, 0.29) is 42.2 Å². The number of carbonyl (C=O) groups is 1. The summed E-state index contributed by atoms with van der Waals surface area (Å²) in [5, 5.41) is 12.2. The molecule has 0 atom stereocenters. The average molecular weight is 542 g/mol. The summed E-state index contributed by atoms with van der Waals surface area (Å²) in [6, 6.07) is 6.38. The Morgan fingerprint density at radius 1 is 1.10 bits per heavy atom. The normalized spacial score (nSPS) is 18.0. The molecule has 2 saturated heterocycles. The predicted molar refractivity (Wildman–Crippen MR) is 130 cm³/mol. The fraction of sp³-hybridized carbons (Fsp3) is 0.591. The summed E-state index contributed by atoms with van der Waals surface area (Å²) >= 11 is 0. The number of piperazine rings is 1. The van der Waals surface area contributed by atoms with E-state index in [2.05, 4.69) is 20.1 Å². The number of likely N-dealkylation sites (tertiary alicyclic amines) is 1. The van der Waals surface area contributed by atoms with Crippen LogP contribution in [-0.2, 0) is 11.3 Å². The first kappa shape index (κ1) is 25.3. The van der Waals surface area contributed by atoms with Gasteiger partial charge in [-0.25, -0.2) is 4.39 Å². The van der Waals surface area contributed by atoms with Gasteiger partial charge in [0.25, 0.3) is 0 Å². The number of rotatable bonds is 4. The molecule has 1 N–H and O–H groups in total. The van der Waals surface area contributed by atoms with Crippen molar-refractivity contribution in [3.63, 3.8) is 0 Å². The molecule has 1 aromatic rings. The second-order valence-electron chi connectivity index (χ2n) is 7.88. The van der Waals surface area contributed by atoms with E-state index in [9.17, 15) is 9.18 Å². The number of halogens is 2. The first-order valence-electron chi connectivity index (χ1n) is 10.7. The van der Waals surface area contributed by atoms with Crippen molar-refractivity contribution in [1.29, 1.82) is 5.26 Å².